The number of benzene rings is 1. The molecule has 0 radical (unpaired) electrons. The number of carbonyl (C=O) groups is 1. The Morgan fingerprint density at radius 2 is 2.14 bits per heavy atom. The van der Waals surface area contributed by atoms with Crippen LogP contribution in [-0.4, -0.2) is 28.9 Å². The second-order valence-electron chi connectivity index (χ2n) is 9.45. The summed E-state index contributed by atoms with van der Waals surface area (Å²) in [5.41, 5.74) is 9.39. The summed E-state index contributed by atoms with van der Waals surface area (Å²) >= 11 is 0. The number of hydrogen-bond donors (Lipinski definition) is 3. The first-order valence-electron chi connectivity index (χ1n) is 10.8. The van der Waals surface area contributed by atoms with Crippen LogP contribution in [0.5, 0.6) is 5.75 Å². The number of nitrogens with two attached hydrogens (primary N) is 1. The molecular formula is C23H33NO4. The van der Waals surface area contributed by atoms with Gasteiger partial charge >= 0.3 is 5.97 Å². The van der Waals surface area contributed by atoms with E-state index in [1.165, 1.54) is 24.0 Å². The van der Waals surface area contributed by atoms with Crippen molar-refractivity contribution in [3.8, 4) is 5.75 Å². The third-order valence-corrected chi connectivity index (χ3v) is 7.96. The van der Waals surface area contributed by atoms with Gasteiger partial charge in [0.15, 0.2) is 6.61 Å². The fourth-order valence-corrected chi connectivity index (χ4v) is 6.81. The van der Waals surface area contributed by atoms with E-state index in [0.29, 0.717) is 35.1 Å². The largest absolute Gasteiger partial charge is 0.480 e. The molecule has 28 heavy (non-hydrogen) atoms. The second kappa shape index (κ2) is 7.25. The van der Waals surface area contributed by atoms with Gasteiger partial charge in [0.05, 0.1) is 11.8 Å². The van der Waals surface area contributed by atoms with Crippen molar-refractivity contribution in [2.45, 2.75) is 70.8 Å². The van der Waals surface area contributed by atoms with E-state index in [2.05, 4.69) is 13.8 Å². The summed E-state index contributed by atoms with van der Waals surface area (Å²) in [6.07, 6.45) is 7.43. The van der Waals surface area contributed by atoms with Gasteiger partial charge in [-0.3, -0.25) is 0 Å². The Labute approximate surface area is 167 Å². The van der Waals surface area contributed by atoms with Crippen LogP contribution in [-0.2, 0) is 11.2 Å². The highest BCUT2D eigenvalue weighted by Gasteiger charge is 2.58. The molecule has 0 amide bonds. The van der Waals surface area contributed by atoms with Crippen molar-refractivity contribution in [1.82, 2.24) is 0 Å². The highest BCUT2D eigenvalue weighted by molar-refractivity contribution is 5.69. The van der Waals surface area contributed by atoms with Gasteiger partial charge in [0.2, 0.25) is 0 Å². The summed E-state index contributed by atoms with van der Waals surface area (Å²) in [5.74, 6) is 1.78. The Kier molecular flexibility index (Phi) is 5.07. The number of rotatable bonds is 5. The number of aryl methyl sites for hydroxylation is 1. The highest BCUT2D eigenvalue weighted by atomic mass is 16.5. The quantitative estimate of drug-likeness (QED) is 0.665. The Balaban J connectivity index is 1.64. The van der Waals surface area contributed by atoms with Crippen molar-refractivity contribution >= 4 is 11.7 Å². The summed E-state index contributed by atoms with van der Waals surface area (Å²) in [6.45, 7) is 4.20. The monoisotopic (exact) mass is 387 g/mol. The molecule has 0 saturated heterocycles. The SMILES string of the molecule is CCCC1CC(O)C2(C)CCC3c4cc(N)c(OCC(=O)O)cc4CCC3C12. The van der Waals surface area contributed by atoms with Crippen LogP contribution < -0.4 is 10.5 Å². The average molecular weight is 388 g/mol. The Morgan fingerprint density at radius 1 is 1.36 bits per heavy atom. The lowest BCUT2D eigenvalue weighted by Gasteiger charge is -2.51. The lowest BCUT2D eigenvalue weighted by Crippen LogP contribution is -2.45. The van der Waals surface area contributed by atoms with Crippen molar-refractivity contribution in [3.05, 3.63) is 23.3 Å². The van der Waals surface area contributed by atoms with Crippen molar-refractivity contribution in [2.75, 3.05) is 12.3 Å². The molecule has 1 aromatic carbocycles. The molecule has 1 aromatic rings. The number of carboxylic acid groups (broad SMARTS) is 1. The number of aliphatic hydroxyl groups is 1. The number of ether oxygens (including phenoxy) is 1. The van der Waals surface area contributed by atoms with Crippen LogP contribution in [0, 0.1) is 23.2 Å². The van der Waals surface area contributed by atoms with E-state index in [-0.39, 0.29) is 18.1 Å². The van der Waals surface area contributed by atoms with Crippen molar-refractivity contribution in [3.63, 3.8) is 0 Å². The summed E-state index contributed by atoms with van der Waals surface area (Å²) < 4.78 is 5.39. The third-order valence-electron chi connectivity index (χ3n) is 7.96. The molecule has 5 heteroatoms. The van der Waals surface area contributed by atoms with Gasteiger partial charge < -0.3 is 20.7 Å². The van der Waals surface area contributed by atoms with Gasteiger partial charge in [-0.2, -0.15) is 0 Å². The minimum atomic E-state index is -0.995. The summed E-state index contributed by atoms with van der Waals surface area (Å²) in [5, 5.41) is 19.7. The minimum Gasteiger partial charge on any atom is -0.480 e. The molecule has 2 saturated carbocycles. The second-order valence-corrected chi connectivity index (χ2v) is 9.45. The molecule has 6 unspecified atom stereocenters. The number of nitrogen functional groups attached to an aromatic ring is 1. The molecule has 4 N–H and O–H groups in total. The van der Waals surface area contributed by atoms with E-state index in [9.17, 15) is 9.90 Å². The lowest BCUT2D eigenvalue weighted by atomic mass is 9.53. The zero-order valence-corrected chi connectivity index (χ0v) is 17.0. The number of aliphatic carboxylic acids is 1. The smallest absolute Gasteiger partial charge is 0.341 e. The zero-order valence-electron chi connectivity index (χ0n) is 17.0. The molecule has 0 aromatic heterocycles. The van der Waals surface area contributed by atoms with Crippen LogP contribution in [0.25, 0.3) is 0 Å². The third kappa shape index (κ3) is 3.08. The van der Waals surface area contributed by atoms with Gasteiger partial charge in [-0.05, 0) is 84.5 Å². The summed E-state index contributed by atoms with van der Waals surface area (Å²) in [6, 6.07) is 4.00. The first-order chi connectivity index (χ1) is 13.3. The molecule has 0 heterocycles. The molecule has 3 aliphatic rings. The standard InChI is InChI=1S/C23H33NO4/c1-3-4-14-10-20(25)23(2)8-7-15-16(22(14)23)6-5-13-9-19(28-12-21(26)27)18(24)11-17(13)15/h9,11,14-16,20,22,25H,3-8,10,12,24H2,1-2H3,(H,26,27). The molecule has 4 rings (SSSR count). The van der Waals surface area contributed by atoms with Crippen LogP contribution >= 0.6 is 0 Å². The molecular weight excluding hydrogens is 354 g/mol. The molecule has 5 nitrogen and oxygen atoms in total. The number of carboxylic acids is 1. The van der Waals surface area contributed by atoms with Gasteiger partial charge in [-0.25, -0.2) is 4.79 Å². The summed E-state index contributed by atoms with van der Waals surface area (Å²) in [7, 11) is 0. The molecule has 2 fully saturated rings. The van der Waals surface area contributed by atoms with Crippen molar-refractivity contribution in [2.24, 2.45) is 23.2 Å². The minimum absolute atomic E-state index is 0.0502. The maximum Gasteiger partial charge on any atom is 0.341 e. The maximum absolute atomic E-state index is 10.9. The van der Waals surface area contributed by atoms with E-state index in [0.717, 1.165) is 32.1 Å². The normalized spacial score (nSPS) is 36.3. The van der Waals surface area contributed by atoms with Crippen molar-refractivity contribution < 1.29 is 19.7 Å². The molecule has 0 spiro atoms. The topological polar surface area (TPSA) is 92.8 Å². The van der Waals surface area contributed by atoms with Gasteiger partial charge in [-0.1, -0.05) is 26.7 Å². The Bertz CT molecular complexity index is 763. The first kappa shape index (κ1) is 19.6. The van der Waals surface area contributed by atoms with Crippen LogP contribution in [0.4, 0.5) is 5.69 Å². The van der Waals surface area contributed by atoms with E-state index < -0.39 is 5.97 Å². The predicted molar refractivity (Wildman–Crippen MR) is 108 cm³/mol. The Morgan fingerprint density at radius 3 is 2.86 bits per heavy atom. The molecule has 0 bridgehead atoms. The van der Waals surface area contributed by atoms with E-state index in [1.54, 1.807) is 0 Å². The average Bonchev–Trinajstić information content (AvgIpc) is 2.90. The lowest BCUT2D eigenvalue weighted by molar-refractivity contribution is -0.139. The van der Waals surface area contributed by atoms with Crippen LogP contribution in [0.2, 0.25) is 0 Å². The number of fused-ring (bicyclic) bond motifs is 5. The molecule has 154 valence electrons. The molecule has 0 aliphatic heterocycles. The van der Waals surface area contributed by atoms with Crippen molar-refractivity contribution in [1.29, 1.82) is 0 Å². The van der Waals surface area contributed by atoms with Gasteiger partial charge in [0, 0.05) is 0 Å². The zero-order chi connectivity index (χ0) is 20.1. The predicted octanol–water partition coefficient (Wildman–Crippen LogP) is 3.98. The number of hydrogen-bond acceptors (Lipinski definition) is 4. The van der Waals surface area contributed by atoms with Gasteiger partial charge in [0.25, 0.3) is 0 Å². The highest BCUT2D eigenvalue weighted by Crippen LogP contribution is 2.63. The molecule has 3 aliphatic carbocycles. The molecule has 6 atom stereocenters. The van der Waals surface area contributed by atoms with Gasteiger partial charge in [-0.15, -0.1) is 0 Å². The maximum atomic E-state index is 10.9. The van der Waals surface area contributed by atoms with E-state index in [1.807, 2.05) is 12.1 Å². The van der Waals surface area contributed by atoms with E-state index >= 15 is 0 Å². The number of anilines is 1. The van der Waals surface area contributed by atoms with E-state index in [4.69, 9.17) is 15.6 Å². The van der Waals surface area contributed by atoms with Crippen LogP contribution in [0.3, 0.4) is 0 Å². The fraction of sp³-hybridized carbons (Fsp3) is 0.696. The van der Waals surface area contributed by atoms with Crippen LogP contribution in [0.15, 0.2) is 12.1 Å². The number of aliphatic hydroxyl groups excluding tert-OH is 1. The summed E-state index contributed by atoms with van der Waals surface area (Å²) in [4.78, 5) is 10.8. The first-order valence-corrected chi connectivity index (χ1v) is 10.8. The Hall–Kier alpha value is -1.75. The fourth-order valence-electron chi connectivity index (χ4n) is 6.81. The van der Waals surface area contributed by atoms with Gasteiger partial charge in [0.1, 0.15) is 5.75 Å². The van der Waals surface area contributed by atoms with Crippen LogP contribution in [0.1, 0.15) is 69.4 Å².